The first kappa shape index (κ1) is 19.8. The van der Waals surface area contributed by atoms with Crippen molar-refractivity contribution in [3.05, 3.63) is 35.9 Å². The minimum Gasteiger partial charge on any atom is -0.355 e. The molecule has 2 saturated heterocycles. The fraction of sp³-hybridized carbons (Fsp3) is 0.474. The summed E-state index contributed by atoms with van der Waals surface area (Å²) in [5.41, 5.74) is -1.19. The Bertz CT molecular complexity index is 1140. The zero-order chi connectivity index (χ0) is 21.8. The Kier molecular flexibility index (Phi) is 4.61. The van der Waals surface area contributed by atoms with Crippen LogP contribution in [0.15, 0.2) is 24.7 Å². The molecule has 9 nitrogen and oxygen atoms in total. The first-order valence-corrected chi connectivity index (χ1v) is 10.1. The molecular weight excluding hydrogens is 413 g/mol. The van der Waals surface area contributed by atoms with Gasteiger partial charge in [-0.25, -0.2) is 9.50 Å². The third kappa shape index (κ3) is 3.71. The molecule has 3 aromatic rings. The summed E-state index contributed by atoms with van der Waals surface area (Å²) in [6.45, 7) is 1.66. The van der Waals surface area contributed by atoms with Gasteiger partial charge in [-0.05, 0) is 25.3 Å². The van der Waals surface area contributed by atoms with Crippen LogP contribution in [0.4, 0.5) is 24.7 Å². The van der Waals surface area contributed by atoms with Gasteiger partial charge in [0, 0.05) is 44.6 Å². The summed E-state index contributed by atoms with van der Waals surface area (Å²) in [4.78, 5) is 19.6. The van der Waals surface area contributed by atoms with Gasteiger partial charge in [0.05, 0.1) is 11.9 Å². The second-order valence-electron chi connectivity index (χ2n) is 8.00. The number of rotatable bonds is 3. The second kappa shape index (κ2) is 7.22. The summed E-state index contributed by atoms with van der Waals surface area (Å²) in [6, 6.07) is 2.77. The highest BCUT2D eigenvalue weighted by atomic mass is 19.4. The van der Waals surface area contributed by atoms with E-state index in [0.717, 1.165) is 36.8 Å². The molecule has 0 unspecified atom stereocenters. The number of carbonyl (C=O) groups is 1. The van der Waals surface area contributed by atoms with E-state index < -0.39 is 23.5 Å². The summed E-state index contributed by atoms with van der Waals surface area (Å²) < 4.78 is 42.0. The van der Waals surface area contributed by atoms with E-state index in [2.05, 4.69) is 30.7 Å². The van der Waals surface area contributed by atoms with Crippen LogP contribution in [0.2, 0.25) is 0 Å². The lowest BCUT2D eigenvalue weighted by Gasteiger charge is -2.25. The van der Waals surface area contributed by atoms with E-state index in [9.17, 15) is 18.0 Å². The molecule has 2 bridgehead atoms. The number of halogens is 3. The van der Waals surface area contributed by atoms with Crippen molar-refractivity contribution in [3.63, 3.8) is 0 Å². The number of aromatic nitrogens is 5. The van der Waals surface area contributed by atoms with Crippen LogP contribution < -0.4 is 15.5 Å². The average molecular weight is 434 g/mol. The van der Waals surface area contributed by atoms with E-state index in [1.807, 2.05) is 6.07 Å². The largest absolute Gasteiger partial charge is 0.437 e. The quantitative estimate of drug-likeness (QED) is 0.656. The van der Waals surface area contributed by atoms with Crippen molar-refractivity contribution >= 4 is 23.1 Å². The van der Waals surface area contributed by atoms with Crippen molar-refractivity contribution in [3.8, 4) is 0 Å². The number of alkyl halides is 3. The van der Waals surface area contributed by atoms with Gasteiger partial charge < -0.3 is 15.5 Å². The van der Waals surface area contributed by atoms with E-state index in [1.165, 1.54) is 24.2 Å². The molecule has 0 aromatic carbocycles. The van der Waals surface area contributed by atoms with Crippen LogP contribution in [0.5, 0.6) is 0 Å². The van der Waals surface area contributed by atoms with Crippen molar-refractivity contribution in [2.75, 3.05) is 23.3 Å². The van der Waals surface area contributed by atoms with Gasteiger partial charge in [0.1, 0.15) is 11.4 Å². The highest BCUT2D eigenvalue weighted by Gasteiger charge is 2.38. The number of fused-ring (bicyclic) bond motifs is 3. The third-order valence-corrected chi connectivity index (χ3v) is 5.79. The van der Waals surface area contributed by atoms with Gasteiger partial charge in [-0.1, -0.05) is 0 Å². The summed E-state index contributed by atoms with van der Waals surface area (Å²) >= 11 is 0. The molecule has 31 heavy (non-hydrogen) atoms. The predicted octanol–water partition coefficient (Wildman–Crippen LogP) is 2.06. The SMILES string of the molecule is Cn1cc(NC(=O)c2cnn3ccc(N4CC[C@H]5CC[C@@H](C4)N5)nc23)c(C(F)(F)F)n1. The lowest BCUT2D eigenvalue weighted by Crippen LogP contribution is -2.35. The highest BCUT2D eigenvalue weighted by molar-refractivity contribution is 6.08. The Hall–Kier alpha value is -3.15. The molecule has 2 N–H and O–H groups in total. The van der Waals surface area contributed by atoms with Crippen molar-refractivity contribution in [2.24, 2.45) is 7.05 Å². The summed E-state index contributed by atoms with van der Waals surface area (Å²) in [6.07, 6.45) is 2.76. The standard InChI is InChI=1S/C19H21F3N8O/c1-28-10-14(16(27-28)19(20,21)22)25-18(31)13-8-23-30-7-5-15(26-17(13)30)29-6-4-11-2-3-12(9-29)24-11/h5,7-8,10-12,24H,2-4,6,9H2,1H3,(H,25,31)/t11-,12+/m1/s1. The van der Waals surface area contributed by atoms with E-state index in [4.69, 9.17) is 0 Å². The normalized spacial score (nSPS) is 21.5. The Morgan fingerprint density at radius 3 is 2.87 bits per heavy atom. The van der Waals surface area contributed by atoms with Gasteiger partial charge in [-0.15, -0.1) is 0 Å². The zero-order valence-corrected chi connectivity index (χ0v) is 16.7. The second-order valence-corrected chi connectivity index (χ2v) is 8.00. The number of hydrogen-bond donors (Lipinski definition) is 2. The Morgan fingerprint density at radius 2 is 2.06 bits per heavy atom. The summed E-state index contributed by atoms with van der Waals surface area (Å²) in [5, 5.41) is 13.4. The molecule has 0 spiro atoms. The van der Waals surface area contributed by atoms with Crippen LogP contribution in [-0.2, 0) is 13.2 Å². The smallest absolute Gasteiger partial charge is 0.355 e. The molecule has 5 heterocycles. The third-order valence-electron chi connectivity index (χ3n) is 5.79. The predicted molar refractivity (Wildman–Crippen MR) is 106 cm³/mol. The molecule has 12 heteroatoms. The molecule has 2 aliphatic rings. The lowest BCUT2D eigenvalue weighted by molar-refractivity contribution is -0.140. The topological polar surface area (TPSA) is 92.4 Å². The van der Waals surface area contributed by atoms with Gasteiger partial charge in [-0.3, -0.25) is 9.48 Å². The molecule has 0 radical (unpaired) electrons. The number of aryl methyl sites for hydroxylation is 1. The van der Waals surface area contributed by atoms with Crippen molar-refractivity contribution < 1.29 is 18.0 Å². The summed E-state index contributed by atoms with van der Waals surface area (Å²) in [7, 11) is 1.36. The maximum atomic E-state index is 13.2. The number of carbonyl (C=O) groups excluding carboxylic acids is 1. The molecule has 2 aliphatic heterocycles. The number of nitrogens with one attached hydrogen (secondary N) is 2. The molecule has 164 valence electrons. The fourth-order valence-corrected chi connectivity index (χ4v) is 4.33. The molecule has 0 aliphatic carbocycles. The number of amides is 1. The molecular formula is C19H21F3N8O. The maximum absolute atomic E-state index is 13.2. The fourth-order valence-electron chi connectivity index (χ4n) is 4.33. The first-order valence-electron chi connectivity index (χ1n) is 10.1. The number of anilines is 2. The van der Waals surface area contributed by atoms with Gasteiger partial charge >= 0.3 is 6.18 Å². The van der Waals surface area contributed by atoms with E-state index in [1.54, 1.807) is 6.20 Å². The van der Waals surface area contributed by atoms with Crippen molar-refractivity contribution in [1.29, 1.82) is 0 Å². The molecule has 0 saturated carbocycles. The van der Waals surface area contributed by atoms with Gasteiger partial charge in [-0.2, -0.15) is 23.4 Å². The van der Waals surface area contributed by atoms with E-state index >= 15 is 0 Å². The molecule has 2 atom stereocenters. The molecule has 1 amide bonds. The Labute approximate surface area is 175 Å². The van der Waals surface area contributed by atoms with Crippen LogP contribution in [0.1, 0.15) is 35.3 Å². The molecule has 5 rings (SSSR count). The van der Waals surface area contributed by atoms with E-state index in [0.29, 0.717) is 17.9 Å². The molecule has 3 aromatic heterocycles. The van der Waals surface area contributed by atoms with Gasteiger partial charge in [0.2, 0.25) is 0 Å². The zero-order valence-electron chi connectivity index (χ0n) is 16.7. The first-order chi connectivity index (χ1) is 14.8. The van der Waals surface area contributed by atoms with Crippen LogP contribution in [0.3, 0.4) is 0 Å². The monoisotopic (exact) mass is 434 g/mol. The van der Waals surface area contributed by atoms with Crippen LogP contribution >= 0.6 is 0 Å². The number of hydrogen-bond acceptors (Lipinski definition) is 6. The maximum Gasteiger partial charge on any atom is 0.437 e. The van der Waals surface area contributed by atoms with Gasteiger partial charge in [0.25, 0.3) is 5.91 Å². The van der Waals surface area contributed by atoms with Crippen LogP contribution in [0, 0.1) is 0 Å². The van der Waals surface area contributed by atoms with E-state index in [-0.39, 0.29) is 11.2 Å². The average Bonchev–Trinajstić information content (AvgIpc) is 3.37. The molecule has 2 fully saturated rings. The van der Waals surface area contributed by atoms with Crippen LogP contribution in [-0.4, -0.2) is 55.5 Å². The minimum atomic E-state index is -4.68. The van der Waals surface area contributed by atoms with Crippen LogP contribution in [0.25, 0.3) is 5.65 Å². The summed E-state index contributed by atoms with van der Waals surface area (Å²) in [5.74, 6) is -0.0106. The van der Waals surface area contributed by atoms with Crippen molar-refractivity contribution in [1.82, 2.24) is 29.7 Å². The van der Waals surface area contributed by atoms with Gasteiger partial charge in [0.15, 0.2) is 11.3 Å². The Balaban J connectivity index is 1.43. The Morgan fingerprint density at radius 1 is 1.26 bits per heavy atom. The lowest BCUT2D eigenvalue weighted by atomic mass is 10.1. The highest BCUT2D eigenvalue weighted by Crippen LogP contribution is 2.33. The minimum absolute atomic E-state index is 0.0910. The number of nitrogens with zero attached hydrogens (tertiary/aromatic N) is 6. The van der Waals surface area contributed by atoms with Crippen molar-refractivity contribution in [2.45, 2.75) is 37.5 Å².